The van der Waals surface area contributed by atoms with E-state index in [1.165, 1.54) is 18.9 Å². The molecule has 74 valence electrons. The molecule has 0 spiro atoms. The van der Waals surface area contributed by atoms with Gasteiger partial charge in [-0.2, -0.15) is 0 Å². The fourth-order valence-electron chi connectivity index (χ4n) is 1.36. The average molecular weight is 192 g/mol. The third-order valence-corrected chi connectivity index (χ3v) is 2.38. The van der Waals surface area contributed by atoms with Crippen molar-refractivity contribution in [2.45, 2.75) is 12.8 Å². The van der Waals surface area contributed by atoms with E-state index in [9.17, 15) is 10.1 Å². The molecule has 0 radical (unpaired) electrons. The zero-order valence-electron chi connectivity index (χ0n) is 7.77. The van der Waals surface area contributed by atoms with Crippen molar-refractivity contribution in [2.24, 2.45) is 5.92 Å². The van der Waals surface area contributed by atoms with Gasteiger partial charge in [0, 0.05) is 12.6 Å². The van der Waals surface area contributed by atoms with Crippen LogP contribution < -0.4 is 5.32 Å². The predicted molar refractivity (Wildman–Crippen MR) is 54.3 cm³/mol. The molecule has 1 aromatic carbocycles. The highest BCUT2D eigenvalue weighted by molar-refractivity contribution is 5.61. The largest absolute Gasteiger partial charge is 0.379 e. The number of anilines is 1. The van der Waals surface area contributed by atoms with Crippen LogP contribution in [0.15, 0.2) is 24.3 Å². The van der Waals surface area contributed by atoms with Crippen molar-refractivity contribution in [2.75, 3.05) is 11.9 Å². The predicted octanol–water partition coefficient (Wildman–Crippen LogP) is 2.42. The van der Waals surface area contributed by atoms with Crippen LogP contribution in [0.4, 0.5) is 11.4 Å². The van der Waals surface area contributed by atoms with E-state index >= 15 is 0 Å². The maximum absolute atomic E-state index is 10.6. The van der Waals surface area contributed by atoms with Crippen LogP contribution in [-0.2, 0) is 0 Å². The van der Waals surface area contributed by atoms with Crippen LogP contribution in [0.2, 0.25) is 0 Å². The zero-order valence-corrected chi connectivity index (χ0v) is 7.77. The van der Waals surface area contributed by atoms with E-state index in [4.69, 9.17) is 0 Å². The summed E-state index contributed by atoms with van der Waals surface area (Å²) >= 11 is 0. The van der Waals surface area contributed by atoms with Crippen molar-refractivity contribution in [1.29, 1.82) is 0 Å². The van der Waals surface area contributed by atoms with Gasteiger partial charge in [0.1, 0.15) is 5.69 Å². The molecule has 0 amide bonds. The number of hydrogen-bond donors (Lipinski definition) is 1. The Morgan fingerprint density at radius 1 is 1.43 bits per heavy atom. The van der Waals surface area contributed by atoms with Gasteiger partial charge in [-0.15, -0.1) is 0 Å². The topological polar surface area (TPSA) is 55.2 Å². The monoisotopic (exact) mass is 192 g/mol. The summed E-state index contributed by atoms with van der Waals surface area (Å²) in [4.78, 5) is 10.3. The zero-order chi connectivity index (χ0) is 9.97. The molecule has 2 rings (SSSR count). The van der Waals surface area contributed by atoms with Gasteiger partial charge in [0.15, 0.2) is 0 Å². The molecule has 1 N–H and O–H groups in total. The number of para-hydroxylation sites is 2. The molecule has 1 aromatic rings. The lowest BCUT2D eigenvalue weighted by Gasteiger charge is -2.04. The van der Waals surface area contributed by atoms with E-state index in [1.807, 2.05) is 6.07 Å². The van der Waals surface area contributed by atoms with E-state index in [1.54, 1.807) is 12.1 Å². The summed E-state index contributed by atoms with van der Waals surface area (Å²) in [5.74, 6) is 0.717. The summed E-state index contributed by atoms with van der Waals surface area (Å²) < 4.78 is 0. The van der Waals surface area contributed by atoms with E-state index in [0.717, 1.165) is 12.5 Å². The summed E-state index contributed by atoms with van der Waals surface area (Å²) in [6.07, 6.45) is 2.49. The lowest BCUT2D eigenvalue weighted by Crippen LogP contribution is -2.05. The first-order valence-electron chi connectivity index (χ1n) is 4.74. The van der Waals surface area contributed by atoms with E-state index < -0.39 is 0 Å². The van der Waals surface area contributed by atoms with Crippen LogP contribution in [0.3, 0.4) is 0 Å². The van der Waals surface area contributed by atoms with Crippen molar-refractivity contribution in [3.8, 4) is 0 Å². The molecule has 0 bridgehead atoms. The minimum Gasteiger partial charge on any atom is -0.379 e. The molecule has 1 saturated carbocycles. The Kier molecular flexibility index (Phi) is 2.35. The third kappa shape index (κ3) is 2.02. The van der Waals surface area contributed by atoms with E-state index in [-0.39, 0.29) is 10.6 Å². The lowest BCUT2D eigenvalue weighted by atomic mass is 10.2. The minimum atomic E-state index is -0.352. The molecule has 1 aliphatic rings. The second-order valence-corrected chi connectivity index (χ2v) is 3.60. The molecule has 0 atom stereocenters. The second-order valence-electron chi connectivity index (χ2n) is 3.60. The normalized spacial score (nSPS) is 15.1. The Hall–Kier alpha value is -1.58. The van der Waals surface area contributed by atoms with Gasteiger partial charge in [-0.25, -0.2) is 0 Å². The first-order chi connectivity index (χ1) is 6.77. The van der Waals surface area contributed by atoms with Crippen LogP contribution in [0.1, 0.15) is 12.8 Å². The average Bonchev–Trinajstić information content (AvgIpc) is 2.98. The van der Waals surface area contributed by atoms with Gasteiger partial charge in [0.2, 0.25) is 0 Å². The van der Waals surface area contributed by atoms with Crippen LogP contribution in [0.25, 0.3) is 0 Å². The summed E-state index contributed by atoms with van der Waals surface area (Å²) in [5, 5.41) is 13.8. The van der Waals surface area contributed by atoms with Gasteiger partial charge < -0.3 is 5.32 Å². The Balaban J connectivity index is 2.09. The molecule has 14 heavy (non-hydrogen) atoms. The standard InChI is InChI=1S/C10H12N2O2/c13-12(14)10-4-2-1-3-9(10)11-7-8-5-6-8/h1-4,8,11H,5-7H2. The number of nitrogens with one attached hydrogen (secondary N) is 1. The van der Waals surface area contributed by atoms with Crippen LogP contribution >= 0.6 is 0 Å². The van der Waals surface area contributed by atoms with Gasteiger partial charge in [0.05, 0.1) is 4.92 Å². The number of benzene rings is 1. The van der Waals surface area contributed by atoms with Crippen molar-refractivity contribution in [3.63, 3.8) is 0 Å². The molecule has 1 fully saturated rings. The van der Waals surface area contributed by atoms with Gasteiger partial charge in [-0.05, 0) is 24.8 Å². The highest BCUT2D eigenvalue weighted by Crippen LogP contribution is 2.30. The second kappa shape index (κ2) is 3.65. The molecule has 0 heterocycles. The van der Waals surface area contributed by atoms with Crippen molar-refractivity contribution >= 4 is 11.4 Å². The Morgan fingerprint density at radius 2 is 2.14 bits per heavy atom. The molecule has 4 heteroatoms. The smallest absolute Gasteiger partial charge is 0.292 e. The summed E-state index contributed by atoms with van der Waals surface area (Å²) in [6.45, 7) is 0.852. The fourth-order valence-corrected chi connectivity index (χ4v) is 1.36. The molecule has 0 unspecified atom stereocenters. The first-order valence-corrected chi connectivity index (χ1v) is 4.74. The molecular formula is C10H12N2O2. The Bertz CT molecular complexity index is 348. The van der Waals surface area contributed by atoms with Crippen molar-refractivity contribution in [1.82, 2.24) is 0 Å². The van der Waals surface area contributed by atoms with Crippen LogP contribution in [0, 0.1) is 16.0 Å². The molecule has 4 nitrogen and oxygen atoms in total. The number of nitro benzene ring substituents is 1. The quantitative estimate of drug-likeness (QED) is 0.588. The Labute approximate surface area is 82.1 Å². The summed E-state index contributed by atoms with van der Waals surface area (Å²) in [5.41, 5.74) is 0.789. The highest BCUT2D eigenvalue weighted by atomic mass is 16.6. The Morgan fingerprint density at radius 3 is 2.79 bits per heavy atom. The van der Waals surface area contributed by atoms with Crippen molar-refractivity contribution < 1.29 is 4.92 Å². The summed E-state index contributed by atoms with van der Waals surface area (Å²) in [7, 11) is 0. The maximum Gasteiger partial charge on any atom is 0.292 e. The van der Waals surface area contributed by atoms with Gasteiger partial charge in [-0.3, -0.25) is 10.1 Å². The van der Waals surface area contributed by atoms with Crippen LogP contribution in [0.5, 0.6) is 0 Å². The SMILES string of the molecule is O=[N+]([O-])c1ccccc1NCC1CC1. The van der Waals surface area contributed by atoms with E-state index in [2.05, 4.69) is 5.32 Å². The molecule has 0 aromatic heterocycles. The first kappa shape index (κ1) is 8.99. The minimum absolute atomic E-state index is 0.160. The van der Waals surface area contributed by atoms with E-state index in [0.29, 0.717) is 5.69 Å². The third-order valence-electron chi connectivity index (χ3n) is 2.38. The van der Waals surface area contributed by atoms with Gasteiger partial charge in [-0.1, -0.05) is 12.1 Å². The highest BCUT2D eigenvalue weighted by Gasteiger charge is 2.22. The fraction of sp³-hybridized carbons (Fsp3) is 0.400. The number of nitrogens with zero attached hydrogens (tertiary/aromatic N) is 1. The molecule has 0 aliphatic heterocycles. The molecule has 0 saturated heterocycles. The van der Waals surface area contributed by atoms with Gasteiger partial charge in [0.25, 0.3) is 5.69 Å². The number of hydrogen-bond acceptors (Lipinski definition) is 3. The number of nitro groups is 1. The molecular weight excluding hydrogens is 180 g/mol. The lowest BCUT2D eigenvalue weighted by molar-refractivity contribution is -0.384. The van der Waals surface area contributed by atoms with Crippen LogP contribution in [-0.4, -0.2) is 11.5 Å². The van der Waals surface area contributed by atoms with Gasteiger partial charge >= 0.3 is 0 Å². The van der Waals surface area contributed by atoms with Crippen molar-refractivity contribution in [3.05, 3.63) is 34.4 Å². The summed E-state index contributed by atoms with van der Waals surface area (Å²) in [6, 6.07) is 6.76. The maximum atomic E-state index is 10.6. The number of rotatable bonds is 4. The molecule has 1 aliphatic carbocycles.